The SMILES string of the molecule is [c]1cnc2ncoc2c1. The predicted molar refractivity (Wildman–Crippen MR) is 30.6 cm³/mol. The van der Waals surface area contributed by atoms with E-state index in [-0.39, 0.29) is 0 Å². The van der Waals surface area contributed by atoms with Crippen molar-refractivity contribution in [2.75, 3.05) is 0 Å². The number of hydrogen-bond donors (Lipinski definition) is 0. The summed E-state index contributed by atoms with van der Waals surface area (Å²) in [6.07, 6.45) is 2.93. The highest BCUT2D eigenvalue weighted by molar-refractivity contribution is 5.65. The van der Waals surface area contributed by atoms with E-state index in [2.05, 4.69) is 16.0 Å². The van der Waals surface area contributed by atoms with Crippen LogP contribution in [0, 0.1) is 6.07 Å². The van der Waals surface area contributed by atoms with E-state index in [0.29, 0.717) is 11.2 Å². The first-order chi connectivity index (χ1) is 4.47. The molecule has 2 aromatic heterocycles. The number of aromatic nitrogens is 2. The lowest BCUT2D eigenvalue weighted by atomic mass is 10.5. The summed E-state index contributed by atoms with van der Waals surface area (Å²) in [4.78, 5) is 7.70. The quantitative estimate of drug-likeness (QED) is 0.519. The van der Waals surface area contributed by atoms with E-state index in [0.717, 1.165) is 0 Å². The zero-order valence-electron chi connectivity index (χ0n) is 4.53. The molecule has 0 bridgehead atoms. The number of pyridine rings is 1. The molecule has 2 heterocycles. The van der Waals surface area contributed by atoms with E-state index in [1.165, 1.54) is 6.39 Å². The van der Waals surface area contributed by atoms with Crippen LogP contribution >= 0.6 is 0 Å². The standard InChI is InChI=1S/C6H3N2O/c1-2-5-6(7-3-1)8-4-9-5/h2-4H. The van der Waals surface area contributed by atoms with Gasteiger partial charge in [0.25, 0.3) is 0 Å². The average Bonchev–Trinajstić information content (AvgIpc) is 2.33. The summed E-state index contributed by atoms with van der Waals surface area (Å²) < 4.78 is 4.91. The number of oxazole rings is 1. The normalized spacial score (nSPS) is 10.2. The van der Waals surface area contributed by atoms with E-state index >= 15 is 0 Å². The largest absolute Gasteiger partial charge is 0.442 e. The van der Waals surface area contributed by atoms with Crippen LogP contribution < -0.4 is 0 Å². The summed E-state index contributed by atoms with van der Waals surface area (Å²) in [5.74, 6) is 0. The van der Waals surface area contributed by atoms with Gasteiger partial charge < -0.3 is 4.42 Å². The molecule has 0 spiro atoms. The number of fused-ring (bicyclic) bond motifs is 1. The van der Waals surface area contributed by atoms with Crippen LogP contribution in [0.3, 0.4) is 0 Å². The van der Waals surface area contributed by atoms with Gasteiger partial charge >= 0.3 is 0 Å². The number of rotatable bonds is 0. The molecule has 2 rings (SSSR count). The average molecular weight is 119 g/mol. The van der Waals surface area contributed by atoms with Gasteiger partial charge in [0, 0.05) is 12.3 Å². The van der Waals surface area contributed by atoms with Crippen molar-refractivity contribution in [3.05, 3.63) is 24.7 Å². The van der Waals surface area contributed by atoms with E-state index in [1.54, 1.807) is 12.3 Å². The highest BCUT2D eigenvalue weighted by Crippen LogP contribution is 2.05. The molecule has 2 aromatic rings. The fourth-order valence-electron chi connectivity index (χ4n) is 0.656. The molecule has 0 saturated carbocycles. The van der Waals surface area contributed by atoms with Gasteiger partial charge in [-0.3, -0.25) is 0 Å². The smallest absolute Gasteiger partial charge is 0.198 e. The Morgan fingerprint density at radius 3 is 3.33 bits per heavy atom. The first kappa shape index (κ1) is 4.49. The van der Waals surface area contributed by atoms with Crippen molar-refractivity contribution in [3.8, 4) is 0 Å². The fraction of sp³-hybridized carbons (Fsp3) is 0. The van der Waals surface area contributed by atoms with Crippen LogP contribution in [0.5, 0.6) is 0 Å². The van der Waals surface area contributed by atoms with Crippen molar-refractivity contribution in [2.45, 2.75) is 0 Å². The second-order valence-electron chi connectivity index (χ2n) is 1.61. The maximum atomic E-state index is 4.91. The van der Waals surface area contributed by atoms with E-state index < -0.39 is 0 Å². The molecule has 0 fully saturated rings. The van der Waals surface area contributed by atoms with Gasteiger partial charge in [0.1, 0.15) is 0 Å². The Hall–Kier alpha value is -1.38. The summed E-state index contributed by atoms with van der Waals surface area (Å²) >= 11 is 0. The lowest BCUT2D eigenvalue weighted by molar-refractivity contribution is 0.602. The van der Waals surface area contributed by atoms with Gasteiger partial charge in [-0.25, -0.2) is 4.98 Å². The van der Waals surface area contributed by atoms with Crippen molar-refractivity contribution >= 4 is 11.2 Å². The predicted octanol–water partition coefficient (Wildman–Crippen LogP) is 1.02. The van der Waals surface area contributed by atoms with Crippen molar-refractivity contribution in [2.24, 2.45) is 0 Å². The molecule has 0 unspecified atom stereocenters. The topological polar surface area (TPSA) is 38.9 Å². The minimum atomic E-state index is 0.633. The van der Waals surface area contributed by atoms with Gasteiger partial charge in [0.2, 0.25) is 0 Å². The monoisotopic (exact) mass is 119 g/mol. The molecule has 3 heteroatoms. The Labute approximate surface area is 51.3 Å². The molecule has 0 N–H and O–H groups in total. The second-order valence-corrected chi connectivity index (χ2v) is 1.61. The van der Waals surface area contributed by atoms with E-state index in [1.807, 2.05) is 0 Å². The lowest BCUT2D eigenvalue weighted by Crippen LogP contribution is -1.71. The maximum Gasteiger partial charge on any atom is 0.198 e. The molecule has 0 aliphatic carbocycles. The molecule has 1 radical (unpaired) electrons. The summed E-state index contributed by atoms with van der Waals surface area (Å²) in [5.41, 5.74) is 1.31. The molecule has 0 amide bonds. The van der Waals surface area contributed by atoms with E-state index in [9.17, 15) is 0 Å². The third-order valence-corrected chi connectivity index (χ3v) is 1.05. The molecule has 0 aliphatic rings. The van der Waals surface area contributed by atoms with Gasteiger partial charge in [0.05, 0.1) is 0 Å². The fourth-order valence-corrected chi connectivity index (χ4v) is 0.656. The number of nitrogens with zero attached hydrogens (tertiary/aromatic N) is 2. The van der Waals surface area contributed by atoms with Gasteiger partial charge in [0.15, 0.2) is 17.6 Å². The van der Waals surface area contributed by atoms with Crippen molar-refractivity contribution in [1.29, 1.82) is 0 Å². The van der Waals surface area contributed by atoms with Crippen LogP contribution in [0.4, 0.5) is 0 Å². The zero-order valence-corrected chi connectivity index (χ0v) is 4.53. The van der Waals surface area contributed by atoms with Crippen LogP contribution in [0.1, 0.15) is 0 Å². The van der Waals surface area contributed by atoms with Crippen molar-refractivity contribution in [3.63, 3.8) is 0 Å². The third-order valence-electron chi connectivity index (χ3n) is 1.05. The van der Waals surface area contributed by atoms with Crippen LogP contribution in [0.15, 0.2) is 23.1 Å². The first-order valence-corrected chi connectivity index (χ1v) is 2.52. The summed E-state index contributed by atoms with van der Waals surface area (Å²) in [6, 6.07) is 4.48. The van der Waals surface area contributed by atoms with Crippen LogP contribution in [-0.2, 0) is 0 Å². The Morgan fingerprint density at radius 1 is 1.44 bits per heavy atom. The Balaban J connectivity index is 2.95. The molecule has 3 nitrogen and oxygen atoms in total. The van der Waals surface area contributed by atoms with Gasteiger partial charge in [-0.05, 0) is 6.07 Å². The Kier molecular flexibility index (Phi) is 0.773. The third kappa shape index (κ3) is 0.579. The van der Waals surface area contributed by atoms with Crippen LogP contribution in [0.25, 0.3) is 11.2 Å². The lowest BCUT2D eigenvalue weighted by Gasteiger charge is -1.78. The first-order valence-electron chi connectivity index (χ1n) is 2.52. The molecular formula is C6H3N2O. The molecule has 43 valence electrons. The second kappa shape index (κ2) is 1.55. The van der Waals surface area contributed by atoms with Crippen molar-refractivity contribution in [1.82, 2.24) is 9.97 Å². The van der Waals surface area contributed by atoms with Gasteiger partial charge in [-0.2, -0.15) is 4.98 Å². The molecule has 0 aromatic carbocycles. The zero-order chi connectivity index (χ0) is 6.10. The summed E-state index contributed by atoms with van der Waals surface area (Å²) in [6.45, 7) is 0. The highest BCUT2D eigenvalue weighted by Gasteiger charge is 1.93. The Morgan fingerprint density at radius 2 is 2.44 bits per heavy atom. The van der Waals surface area contributed by atoms with Crippen LogP contribution in [-0.4, -0.2) is 9.97 Å². The Bertz CT molecular complexity index is 285. The minimum Gasteiger partial charge on any atom is -0.442 e. The van der Waals surface area contributed by atoms with Gasteiger partial charge in [-0.15, -0.1) is 0 Å². The van der Waals surface area contributed by atoms with Gasteiger partial charge in [-0.1, -0.05) is 0 Å². The summed E-state index contributed by atoms with van der Waals surface area (Å²) in [7, 11) is 0. The van der Waals surface area contributed by atoms with E-state index in [4.69, 9.17) is 4.42 Å². The molecule has 0 aliphatic heterocycles. The minimum absolute atomic E-state index is 0.633. The molecule has 0 atom stereocenters. The number of hydrogen-bond acceptors (Lipinski definition) is 3. The van der Waals surface area contributed by atoms with Crippen LogP contribution in [0.2, 0.25) is 0 Å². The summed E-state index contributed by atoms with van der Waals surface area (Å²) in [5, 5.41) is 0. The molecule has 0 saturated heterocycles. The highest BCUT2D eigenvalue weighted by atomic mass is 16.3. The van der Waals surface area contributed by atoms with Crippen molar-refractivity contribution < 1.29 is 4.42 Å². The molecule has 9 heavy (non-hydrogen) atoms. The molecular weight excluding hydrogens is 116 g/mol. The maximum absolute atomic E-state index is 4.91.